The second-order valence-corrected chi connectivity index (χ2v) is 2.93. The summed E-state index contributed by atoms with van der Waals surface area (Å²) in [7, 11) is 0. The lowest BCUT2D eigenvalue weighted by atomic mass is 10.5. The van der Waals surface area contributed by atoms with Crippen LogP contribution in [0.3, 0.4) is 0 Å². The quantitative estimate of drug-likeness (QED) is 0.622. The molecule has 0 saturated carbocycles. The van der Waals surface area contributed by atoms with Gasteiger partial charge in [0.15, 0.2) is 6.29 Å². The second kappa shape index (κ2) is 7.45. The van der Waals surface area contributed by atoms with Crippen LogP contribution in [-0.2, 0) is 20.8 Å². The highest BCUT2D eigenvalue weighted by molar-refractivity contribution is 4.95. The Balaban J connectivity index is 2.15. The van der Waals surface area contributed by atoms with E-state index in [9.17, 15) is 0 Å². The summed E-state index contributed by atoms with van der Waals surface area (Å²) in [6.45, 7) is 5.96. The Morgan fingerprint density at radius 1 is 1.27 bits per heavy atom. The maximum Gasteiger partial charge on any atom is 0.180 e. The van der Waals surface area contributed by atoms with Gasteiger partial charge in [0.25, 0.3) is 0 Å². The normalized spacial score (nSPS) is 11.1. The first-order valence-corrected chi connectivity index (χ1v) is 5.20. The molecule has 1 aromatic heterocycles. The van der Waals surface area contributed by atoms with Crippen LogP contribution in [0.25, 0.3) is 0 Å². The zero-order chi connectivity index (χ0) is 10.9. The average Bonchev–Trinajstić information content (AvgIpc) is 2.71. The highest BCUT2D eigenvalue weighted by atomic mass is 16.7. The summed E-state index contributed by atoms with van der Waals surface area (Å²) in [6.07, 6.45) is 1.34. The van der Waals surface area contributed by atoms with Crippen molar-refractivity contribution in [2.75, 3.05) is 19.8 Å². The third kappa shape index (κ3) is 4.97. The van der Waals surface area contributed by atoms with Crippen LogP contribution in [0.2, 0.25) is 0 Å². The first-order chi connectivity index (χ1) is 7.36. The van der Waals surface area contributed by atoms with Crippen LogP contribution in [0.4, 0.5) is 0 Å². The summed E-state index contributed by atoms with van der Waals surface area (Å²) in [4.78, 5) is 0. The summed E-state index contributed by atoms with van der Waals surface area (Å²) in [5.41, 5.74) is 0. The Bertz CT molecular complexity index is 227. The van der Waals surface area contributed by atoms with E-state index >= 15 is 0 Å². The molecule has 1 aromatic rings. The van der Waals surface area contributed by atoms with Gasteiger partial charge in [-0.2, -0.15) is 0 Å². The van der Waals surface area contributed by atoms with Gasteiger partial charge in [0.2, 0.25) is 0 Å². The molecule has 1 heterocycles. The molecule has 0 aliphatic rings. The maximum atomic E-state index is 5.40. The van der Waals surface area contributed by atoms with Crippen molar-refractivity contribution in [2.45, 2.75) is 26.7 Å². The van der Waals surface area contributed by atoms with Crippen molar-refractivity contribution < 1.29 is 18.6 Å². The van der Waals surface area contributed by atoms with E-state index in [0.717, 1.165) is 5.76 Å². The Kier molecular flexibility index (Phi) is 6.08. The molecule has 0 saturated heterocycles. The van der Waals surface area contributed by atoms with Crippen molar-refractivity contribution in [2.24, 2.45) is 0 Å². The zero-order valence-corrected chi connectivity index (χ0v) is 9.27. The van der Waals surface area contributed by atoms with Crippen molar-refractivity contribution in [3.63, 3.8) is 0 Å². The molecule has 0 amide bonds. The third-order valence-electron chi connectivity index (χ3n) is 1.78. The molecule has 4 nitrogen and oxygen atoms in total. The van der Waals surface area contributed by atoms with Crippen LogP contribution in [-0.4, -0.2) is 26.1 Å². The molecule has 1 rings (SSSR count). The van der Waals surface area contributed by atoms with Gasteiger partial charge in [-0.3, -0.25) is 0 Å². The van der Waals surface area contributed by atoms with E-state index in [1.54, 1.807) is 6.26 Å². The molecular weight excluding hydrogens is 196 g/mol. The van der Waals surface area contributed by atoms with Crippen LogP contribution >= 0.6 is 0 Å². The first-order valence-electron chi connectivity index (χ1n) is 5.20. The molecular formula is C11H18O4. The number of rotatable bonds is 8. The predicted molar refractivity (Wildman–Crippen MR) is 55.4 cm³/mol. The maximum absolute atomic E-state index is 5.40. The minimum atomic E-state index is -0.282. The third-order valence-corrected chi connectivity index (χ3v) is 1.78. The van der Waals surface area contributed by atoms with Crippen LogP contribution in [0.5, 0.6) is 0 Å². The molecule has 0 radical (unpaired) electrons. The molecule has 0 unspecified atom stereocenters. The molecule has 4 heteroatoms. The molecule has 0 bridgehead atoms. The summed E-state index contributed by atoms with van der Waals surface area (Å²) in [5, 5.41) is 0. The molecule has 15 heavy (non-hydrogen) atoms. The Hall–Kier alpha value is -0.840. The number of hydrogen-bond donors (Lipinski definition) is 0. The minimum absolute atomic E-state index is 0.282. The topological polar surface area (TPSA) is 40.8 Å². The second-order valence-electron chi connectivity index (χ2n) is 2.93. The lowest BCUT2D eigenvalue weighted by molar-refractivity contribution is -0.170. The molecule has 0 fully saturated rings. The van der Waals surface area contributed by atoms with Gasteiger partial charge in [0.1, 0.15) is 12.4 Å². The smallest absolute Gasteiger partial charge is 0.180 e. The van der Waals surface area contributed by atoms with Crippen molar-refractivity contribution in [3.8, 4) is 0 Å². The molecule has 86 valence electrons. The van der Waals surface area contributed by atoms with Gasteiger partial charge in [-0.1, -0.05) is 0 Å². The van der Waals surface area contributed by atoms with Gasteiger partial charge in [-0.15, -0.1) is 0 Å². The van der Waals surface area contributed by atoms with E-state index in [1.165, 1.54) is 0 Å². The highest BCUT2D eigenvalue weighted by Crippen LogP contribution is 2.03. The van der Waals surface area contributed by atoms with Gasteiger partial charge in [-0.05, 0) is 26.0 Å². The van der Waals surface area contributed by atoms with Crippen LogP contribution in [0.15, 0.2) is 22.8 Å². The molecule has 0 aromatic carbocycles. The summed E-state index contributed by atoms with van der Waals surface area (Å²) in [5.74, 6) is 0.807. The van der Waals surface area contributed by atoms with E-state index in [4.69, 9.17) is 18.6 Å². The van der Waals surface area contributed by atoms with Crippen LogP contribution < -0.4 is 0 Å². The SMILES string of the molecule is CCOC(COCc1ccco1)OCC. The molecule has 0 N–H and O–H groups in total. The van der Waals surface area contributed by atoms with E-state index < -0.39 is 0 Å². The Morgan fingerprint density at radius 2 is 2.00 bits per heavy atom. The van der Waals surface area contributed by atoms with Crippen molar-refractivity contribution >= 4 is 0 Å². The molecule has 0 aliphatic heterocycles. The first kappa shape index (κ1) is 12.2. The number of ether oxygens (including phenoxy) is 3. The van der Waals surface area contributed by atoms with Crippen LogP contribution in [0, 0.1) is 0 Å². The zero-order valence-electron chi connectivity index (χ0n) is 9.27. The van der Waals surface area contributed by atoms with E-state index in [0.29, 0.717) is 26.4 Å². The average molecular weight is 214 g/mol. The van der Waals surface area contributed by atoms with Gasteiger partial charge in [0, 0.05) is 13.2 Å². The summed E-state index contributed by atoms with van der Waals surface area (Å²) in [6, 6.07) is 3.71. The van der Waals surface area contributed by atoms with Crippen molar-refractivity contribution in [3.05, 3.63) is 24.2 Å². The van der Waals surface area contributed by atoms with E-state index in [2.05, 4.69) is 0 Å². The van der Waals surface area contributed by atoms with Crippen molar-refractivity contribution in [1.82, 2.24) is 0 Å². The minimum Gasteiger partial charge on any atom is -0.467 e. The van der Waals surface area contributed by atoms with Gasteiger partial charge < -0.3 is 18.6 Å². The van der Waals surface area contributed by atoms with E-state index in [1.807, 2.05) is 26.0 Å². The predicted octanol–water partition coefficient (Wildman–Crippen LogP) is 2.20. The molecule has 0 spiro atoms. The number of furan rings is 1. The largest absolute Gasteiger partial charge is 0.467 e. The van der Waals surface area contributed by atoms with Crippen LogP contribution in [0.1, 0.15) is 19.6 Å². The fourth-order valence-electron chi connectivity index (χ4n) is 1.17. The summed E-state index contributed by atoms with van der Waals surface area (Å²) < 4.78 is 21.2. The van der Waals surface area contributed by atoms with E-state index in [-0.39, 0.29) is 6.29 Å². The lowest BCUT2D eigenvalue weighted by Gasteiger charge is -2.16. The standard InChI is InChI=1S/C11H18O4/c1-3-13-11(14-4-2)9-12-8-10-6-5-7-15-10/h5-7,11H,3-4,8-9H2,1-2H3. The van der Waals surface area contributed by atoms with Crippen molar-refractivity contribution in [1.29, 1.82) is 0 Å². The lowest BCUT2D eigenvalue weighted by Crippen LogP contribution is -2.23. The monoisotopic (exact) mass is 214 g/mol. The number of hydrogen-bond acceptors (Lipinski definition) is 4. The summed E-state index contributed by atoms with van der Waals surface area (Å²) >= 11 is 0. The van der Waals surface area contributed by atoms with Gasteiger partial charge in [-0.25, -0.2) is 0 Å². The Morgan fingerprint density at radius 3 is 2.53 bits per heavy atom. The molecule has 0 aliphatic carbocycles. The fourth-order valence-corrected chi connectivity index (χ4v) is 1.17. The highest BCUT2D eigenvalue weighted by Gasteiger charge is 2.08. The fraction of sp³-hybridized carbons (Fsp3) is 0.636. The Labute approximate surface area is 90.1 Å². The molecule has 0 atom stereocenters. The van der Waals surface area contributed by atoms with Gasteiger partial charge >= 0.3 is 0 Å². The van der Waals surface area contributed by atoms with Gasteiger partial charge in [0.05, 0.1) is 12.9 Å².